The molecule has 268 valence electrons. The summed E-state index contributed by atoms with van der Waals surface area (Å²) in [5.41, 5.74) is 3.55. The summed E-state index contributed by atoms with van der Waals surface area (Å²) in [6.07, 6.45) is -4.67. The Labute approximate surface area is 281 Å². The van der Waals surface area contributed by atoms with E-state index in [1.54, 1.807) is 31.2 Å². The number of carbonyl (C=O) groups is 4. The van der Waals surface area contributed by atoms with Crippen molar-refractivity contribution in [3.05, 3.63) is 52.1 Å². The number of ether oxygens (including phenoxy) is 3. The van der Waals surface area contributed by atoms with Gasteiger partial charge in [0.05, 0.1) is 37.6 Å². The van der Waals surface area contributed by atoms with Crippen LogP contribution in [0.1, 0.15) is 71.5 Å². The van der Waals surface area contributed by atoms with Crippen molar-refractivity contribution in [1.29, 1.82) is 5.41 Å². The van der Waals surface area contributed by atoms with Crippen LogP contribution < -0.4 is 19.7 Å². The fraction of sp³-hybridized carbons (Fsp3) is 0.485. The van der Waals surface area contributed by atoms with Gasteiger partial charge in [-0.1, -0.05) is 20.8 Å². The third kappa shape index (κ3) is 9.40. The lowest BCUT2D eigenvalue weighted by Gasteiger charge is -2.29. The minimum Gasteiger partial charge on any atom is -0.494 e. The fourth-order valence-corrected chi connectivity index (χ4v) is 5.47. The van der Waals surface area contributed by atoms with E-state index < -0.39 is 18.1 Å². The molecule has 4 rings (SSSR count). The molecule has 2 aromatic carbocycles. The molecule has 4 N–H and O–H groups in total. The summed E-state index contributed by atoms with van der Waals surface area (Å²) in [7, 11) is 3.15. The number of hydrogen-bond acceptors (Lipinski definition) is 9. The Morgan fingerprint density at radius 2 is 1.73 bits per heavy atom. The van der Waals surface area contributed by atoms with Crippen molar-refractivity contribution >= 4 is 35.2 Å². The van der Waals surface area contributed by atoms with E-state index in [4.69, 9.17) is 34.6 Å². The van der Waals surface area contributed by atoms with Crippen LogP contribution in [0.15, 0.2) is 24.3 Å². The molecule has 0 aromatic heterocycles. The van der Waals surface area contributed by atoms with Crippen molar-refractivity contribution in [2.75, 3.05) is 51.9 Å². The summed E-state index contributed by atoms with van der Waals surface area (Å²) in [6.45, 7) is 9.47. The molecule has 2 heterocycles. The molecule has 0 radical (unpaired) electrons. The van der Waals surface area contributed by atoms with E-state index in [9.17, 15) is 27.6 Å². The van der Waals surface area contributed by atoms with E-state index in [1.165, 1.54) is 0 Å². The maximum absolute atomic E-state index is 13.8. The van der Waals surface area contributed by atoms with Crippen molar-refractivity contribution in [2.24, 2.45) is 0 Å². The average molecular weight is 695 g/mol. The Morgan fingerprint density at radius 3 is 2.27 bits per heavy atom. The second-order valence-electron chi connectivity index (χ2n) is 12.3. The van der Waals surface area contributed by atoms with Gasteiger partial charge in [-0.15, -0.1) is 0 Å². The first kappa shape index (κ1) is 38.6. The number of carboxylic acid groups (broad SMARTS) is 2. The number of ketones is 1. The normalized spacial score (nSPS) is 15.7. The molecule has 49 heavy (non-hydrogen) atoms. The number of halogens is 3. The zero-order chi connectivity index (χ0) is 36.8. The molecule has 0 aliphatic carbocycles. The summed E-state index contributed by atoms with van der Waals surface area (Å²) in [6, 6.07) is 7.12. The van der Waals surface area contributed by atoms with Gasteiger partial charge >= 0.3 is 18.1 Å². The van der Waals surface area contributed by atoms with Gasteiger partial charge in [0.2, 0.25) is 0 Å². The molecular formula is C33H41F3N4O9. The quantitative estimate of drug-likeness (QED) is 0.249. The molecule has 2 aliphatic rings. The highest BCUT2D eigenvalue weighted by atomic mass is 19.4. The average Bonchev–Trinajstić information content (AvgIpc) is 3.62. The van der Waals surface area contributed by atoms with Crippen LogP contribution in [0.3, 0.4) is 0 Å². The Bertz CT molecular complexity index is 1610. The van der Waals surface area contributed by atoms with Crippen LogP contribution >= 0.6 is 0 Å². The Hall–Kier alpha value is -4.86. The molecule has 13 nitrogen and oxygen atoms in total. The number of rotatable bonds is 11. The standard InChI is InChI=1S/C31H40N4O7.C2HF3O2/c1-7-41-26-12-19-14-35(29(32)21(19)13-22(26)30(39)33-5)16-25(36)18-10-23(31(2,3)4)28(40-6)24(11-18)34-9-8-20(15-34)42-17-27(37)38;3-2(4,5)1(6)7/h10-13,20,32H,7-9,14-17H2,1-6H3,(H,33,39)(H,37,38);(H,6,7). The van der Waals surface area contributed by atoms with Crippen molar-refractivity contribution in [3.8, 4) is 11.5 Å². The molecule has 0 saturated carbocycles. The molecule has 1 fully saturated rings. The van der Waals surface area contributed by atoms with Crippen LogP contribution in [0.25, 0.3) is 0 Å². The minimum absolute atomic E-state index is 0.0213. The zero-order valence-corrected chi connectivity index (χ0v) is 28.1. The summed E-state index contributed by atoms with van der Waals surface area (Å²) in [5, 5.41) is 27.5. The van der Waals surface area contributed by atoms with Gasteiger partial charge in [0.25, 0.3) is 5.91 Å². The number of fused-ring (bicyclic) bond motifs is 1. The molecule has 1 atom stereocenters. The van der Waals surface area contributed by atoms with Gasteiger partial charge in [-0.3, -0.25) is 15.0 Å². The van der Waals surface area contributed by atoms with Crippen molar-refractivity contribution in [3.63, 3.8) is 0 Å². The van der Waals surface area contributed by atoms with Gasteiger partial charge in [0.15, 0.2) is 5.78 Å². The van der Waals surface area contributed by atoms with E-state index in [1.807, 2.05) is 19.1 Å². The number of carboxylic acids is 2. The van der Waals surface area contributed by atoms with Crippen LogP contribution in [0.4, 0.5) is 18.9 Å². The maximum atomic E-state index is 13.8. The number of hydrogen-bond donors (Lipinski definition) is 4. The number of anilines is 1. The van der Waals surface area contributed by atoms with Crippen LogP contribution in [-0.4, -0.2) is 104 Å². The molecule has 16 heteroatoms. The number of nitrogens with one attached hydrogen (secondary N) is 2. The fourth-order valence-electron chi connectivity index (χ4n) is 5.47. The number of amides is 1. The highest BCUT2D eigenvalue weighted by Gasteiger charge is 2.38. The number of benzene rings is 2. The Kier molecular flexibility index (Phi) is 12.3. The van der Waals surface area contributed by atoms with Crippen molar-refractivity contribution in [2.45, 2.75) is 58.4 Å². The van der Waals surface area contributed by atoms with E-state index in [-0.39, 0.29) is 42.2 Å². The van der Waals surface area contributed by atoms with E-state index in [2.05, 4.69) is 31.0 Å². The summed E-state index contributed by atoms with van der Waals surface area (Å²) in [5.74, 6) is -2.94. The smallest absolute Gasteiger partial charge is 0.490 e. The summed E-state index contributed by atoms with van der Waals surface area (Å²) in [4.78, 5) is 49.9. The third-order valence-electron chi connectivity index (χ3n) is 7.82. The van der Waals surface area contributed by atoms with Gasteiger partial charge in [0.1, 0.15) is 23.9 Å². The maximum Gasteiger partial charge on any atom is 0.490 e. The molecule has 0 spiro atoms. The first-order valence-corrected chi connectivity index (χ1v) is 15.3. The monoisotopic (exact) mass is 694 g/mol. The van der Waals surface area contributed by atoms with Crippen LogP contribution in [0.5, 0.6) is 11.5 Å². The molecule has 1 saturated heterocycles. The molecule has 2 aromatic rings. The van der Waals surface area contributed by atoms with Crippen LogP contribution in [0, 0.1) is 5.41 Å². The van der Waals surface area contributed by atoms with Crippen LogP contribution in [0.2, 0.25) is 0 Å². The van der Waals surface area contributed by atoms with Gasteiger partial charge in [-0.05, 0) is 48.6 Å². The first-order chi connectivity index (χ1) is 22.8. The second-order valence-corrected chi connectivity index (χ2v) is 12.3. The second kappa shape index (κ2) is 15.6. The number of amidine groups is 1. The largest absolute Gasteiger partial charge is 0.494 e. The van der Waals surface area contributed by atoms with Gasteiger partial charge in [-0.25, -0.2) is 9.59 Å². The number of methoxy groups -OCH3 is 1. The summed E-state index contributed by atoms with van der Waals surface area (Å²) >= 11 is 0. The Balaban J connectivity index is 0.000000838. The van der Waals surface area contributed by atoms with Crippen molar-refractivity contribution < 1.29 is 56.8 Å². The number of aliphatic carboxylic acids is 2. The molecule has 0 bridgehead atoms. The highest BCUT2D eigenvalue weighted by Crippen LogP contribution is 2.42. The summed E-state index contributed by atoms with van der Waals surface area (Å²) < 4.78 is 48.8. The number of nitrogens with zero attached hydrogens (tertiary/aromatic N) is 2. The minimum atomic E-state index is -5.08. The topological polar surface area (TPSA) is 179 Å². The SMILES string of the molecule is CCOc1cc2c(cc1C(=O)NC)C(=N)N(CC(=O)c1cc(N3CCC(OCC(=O)O)C3)c(OC)c(C(C)(C)C)c1)C2.O=C(O)C(F)(F)F. The zero-order valence-electron chi connectivity index (χ0n) is 28.1. The number of alkyl halides is 3. The lowest BCUT2D eigenvalue weighted by molar-refractivity contribution is -0.192. The van der Waals surface area contributed by atoms with Crippen LogP contribution in [-0.2, 0) is 26.3 Å². The predicted octanol–water partition coefficient (Wildman–Crippen LogP) is 4.09. The lowest BCUT2D eigenvalue weighted by Crippen LogP contribution is -2.31. The lowest BCUT2D eigenvalue weighted by atomic mass is 9.84. The van der Waals surface area contributed by atoms with E-state index >= 15 is 0 Å². The van der Waals surface area contributed by atoms with Crippen molar-refractivity contribution in [1.82, 2.24) is 10.2 Å². The number of Topliss-reactive ketones (excluding diaryl/α,β-unsaturated/α-hetero) is 1. The first-order valence-electron chi connectivity index (χ1n) is 15.3. The van der Waals surface area contributed by atoms with Gasteiger partial charge < -0.3 is 39.5 Å². The molecule has 1 amide bonds. The molecule has 2 aliphatic heterocycles. The predicted molar refractivity (Wildman–Crippen MR) is 172 cm³/mol. The van der Waals surface area contributed by atoms with E-state index in [0.29, 0.717) is 60.9 Å². The third-order valence-corrected chi connectivity index (χ3v) is 7.82. The van der Waals surface area contributed by atoms with Gasteiger partial charge in [0, 0.05) is 43.4 Å². The molecular weight excluding hydrogens is 653 g/mol. The van der Waals surface area contributed by atoms with Gasteiger partial charge in [-0.2, -0.15) is 13.2 Å². The molecule has 1 unspecified atom stereocenters. The van der Waals surface area contributed by atoms with E-state index in [0.717, 1.165) is 16.8 Å². The number of carbonyl (C=O) groups excluding carboxylic acids is 2. The Morgan fingerprint density at radius 1 is 1.08 bits per heavy atom. The highest BCUT2D eigenvalue weighted by molar-refractivity contribution is 6.08.